The summed E-state index contributed by atoms with van der Waals surface area (Å²) in [6.07, 6.45) is 3.25. The number of rotatable bonds is 10. The van der Waals surface area contributed by atoms with Gasteiger partial charge in [-0.25, -0.2) is 15.0 Å². The summed E-state index contributed by atoms with van der Waals surface area (Å²) in [6.45, 7) is 0.752. The summed E-state index contributed by atoms with van der Waals surface area (Å²) in [5.41, 5.74) is 13.5. The minimum atomic E-state index is 0.513. The maximum atomic E-state index is 5.19. The Labute approximate surface area is 338 Å². The number of benzene rings is 7. The molecule has 3 heterocycles. The summed E-state index contributed by atoms with van der Waals surface area (Å²) < 4.78 is 2.47. The van der Waals surface area contributed by atoms with Crippen molar-refractivity contribution >= 4 is 21.8 Å². The molecule has 276 valence electrons. The SMILES string of the molecule is c1ccc(-c2cnc(CCn3c4ccc(-c5ccccc5)cc4c4cc(-c5ccccc5)ccc43)c(Cc3nc(-c4ccccc4)nc(-c4ccccc4)n3)c2)cc1. The van der Waals surface area contributed by atoms with Crippen molar-refractivity contribution in [2.75, 3.05) is 0 Å². The lowest BCUT2D eigenvalue weighted by Gasteiger charge is -2.14. The molecular weight excluding hydrogens is 707 g/mol. The number of aryl methyl sites for hydroxylation is 2. The van der Waals surface area contributed by atoms with Crippen LogP contribution in [0.25, 0.3) is 78.0 Å². The third kappa shape index (κ3) is 7.06. The highest BCUT2D eigenvalue weighted by Gasteiger charge is 2.17. The number of pyridine rings is 1. The molecule has 0 aliphatic carbocycles. The van der Waals surface area contributed by atoms with Gasteiger partial charge < -0.3 is 4.57 Å². The van der Waals surface area contributed by atoms with Crippen LogP contribution in [0.15, 0.2) is 200 Å². The van der Waals surface area contributed by atoms with Gasteiger partial charge in [0, 0.05) is 69.8 Å². The van der Waals surface area contributed by atoms with Crippen LogP contribution in [0.4, 0.5) is 0 Å². The lowest BCUT2D eigenvalue weighted by Crippen LogP contribution is -2.09. The molecule has 10 aromatic rings. The van der Waals surface area contributed by atoms with Crippen LogP contribution in [0.3, 0.4) is 0 Å². The molecule has 0 atom stereocenters. The van der Waals surface area contributed by atoms with Crippen molar-refractivity contribution < 1.29 is 0 Å². The van der Waals surface area contributed by atoms with Crippen molar-refractivity contribution in [3.05, 3.63) is 217 Å². The monoisotopic (exact) mass is 745 g/mol. The summed E-state index contributed by atoms with van der Waals surface area (Å²) in [5.74, 6) is 2.03. The predicted molar refractivity (Wildman–Crippen MR) is 237 cm³/mol. The van der Waals surface area contributed by atoms with Gasteiger partial charge in [0.1, 0.15) is 5.82 Å². The third-order valence-electron chi connectivity index (χ3n) is 10.9. The van der Waals surface area contributed by atoms with E-state index in [4.69, 9.17) is 19.9 Å². The van der Waals surface area contributed by atoms with E-state index in [1.165, 1.54) is 44.1 Å². The third-order valence-corrected chi connectivity index (χ3v) is 10.9. The second kappa shape index (κ2) is 15.6. The maximum absolute atomic E-state index is 5.19. The van der Waals surface area contributed by atoms with E-state index >= 15 is 0 Å². The second-order valence-electron chi connectivity index (χ2n) is 14.6. The molecule has 5 nitrogen and oxygen atoms in total. The van der Waals surface area contributed by atoms with Gasteiger partial charge in [0.05, 0.1) is 0 Å². The van der Waals surface area contributed by atoms with Gasteiger partial charge in [-0.05, 0) is 63.7 Å². The lowest BCUT2D eigenvalue weighted by molar-refractivity contribution is 0.722. The molecule has 0 saturated heterocycles. The topological polar surface area (TPSA) is 56.5 Å². The van der Waals surface area contributed by atoms with Crippen LogP contribution in [0.2, 0.25) is 0 Å². The zero-order valence-electron chi connectivity index (χ0n) is 31.9. The molecule has 10 rings (SSSR count). The molecule has 0 unspecified atom stereocenters. The molecule has 7 aromatic carbocycles. The average Bonchev–Trinajstić information content (AvgIpc) is 3.61. The van der Waals surface area contributed by atoms with Crippen molar-refractivity contribution in [2.45, 2.75) is 19.4 Å². The summed E-state index contributed by atoms with van der Waals surface area (Å²) >= 11 is 0. The second-order valence-corrected chi connectivity index (χ2v) is 14.6. The maximum Gasteiger partial charge on any atom is 0.163 e. The molecule has 0 amide bonds. The standard InChI is InChI=1S/C53H39N5/c1-6-16-37(17-7-1)42-26-28-49-46(33-42)47-34-43(38-18-8-2-9-19-38)27-29-50(47)58(49)31-30-48-44(32-45(36-54-48)39-20-10-3-11-21-39)35-51-55-52(40-22-12-4-13-23-40)57-53(56-51)41-24-14-5-15-25-41/h1-29,32-34,36H,30-31,35H2. The minimum Gasteiger partial charge on any atom is -0.340 e. The van der Waals surface area contributed by atoms with E-state index in [2.05, 4.69) is 132 Å². The van der Waals surface area contributed by atoms with Crippen molar-refractivity contribution in [3.8, 4) is 56.2 Å². The zero-order chi connectivity index (χ0) is 38.7. The first-order chi connectivity index (χ1) is 28.7. The molecule has 0 aliphatic heterocycles. The van der Waals surface area contributed by atoms with Gasteiger partial charge in [0.25, 0.3) is 0 Å². The van der Waals surface area contributed by atoms with E-state index in [0.717, 1.165) is 46.5 Å². The molecular formula is C53H39N5. The van der Waals surface area contributed by atoms with Gasteiger partial charge in [-0.15, -0.1) is 0 Å². The van der Waals surface area contributed by atoms with E-state index in [1.54, 1.807) is 0 Å². The fourth-order valence-electron chi connectivity index (χ4n) is 7.99. The highest BCUT2D eigenvalue weighted by molar-refractivity contribution is 6.10. The van der Waals surface area contributed by atoms with E-state index in [-0.39, 0.29) is 0 Å². The highest BCUT2D eigenvalue weighted by atomic mass is 15.0. The van der Waals surface area contributed by atoms with E-state index in [0.29, 0.717) is 23.9 Å². The van der Waals surface area contributed by atoms with Gasteiger partial charge in [-0.1, -0.05) is 164 Å². The molecule has 0 N–H and O–H groups in total. The summed E-state index contributed by atoms with van der Waals surface area (Å²) in [7, 11) is 0. The average molecular weight is 746 g/mol. The number of nitrogens with zero attached hydrogens (tertiary/aromatic N) is 5. The Morgan fingerprint density at radius 2 is 0.810 bits per heavy atom. The number of hydrogen-bond acceptors (Lipinski definition) is 4. The highest BCUT2D eigenvalue weighted by Crippen LogP contribution is 2.36. The quantitative estimate of drug-likeness (QED) is 0.140. The summed E-state index contributed by atoms with van der Waals surface area (Å²) in [6, 6.07) is 68.1. The van der Waals surface area contributed by atoms with E-state index in [9.17, 15) is 0 Å². The van der Waals surface area contributed by atoms with E-state index < -0.39 is 0 Å². The first kappa shape index (κ1) is 35.0. The number of fused-ring (bicyclic) bond motifs is 3. The summed E-state index contributed by atoms with van der Waals surface area (Å²) in [4.78, 5) is 20.3. The predicted octanol–water partition coefficient (Wildman–Crippen LogP) is 12.5. The number of aromatic nitrogens is 5. The van der Waals surface area contributed by atoms with Gasteiger partial charge in [0.15, 0.2) is 11.6 Å². The van der Waals surface area contributed by atoms with Crippen LogP contribution in [0.5, 0.6) is 0 Å². The molecule has 0 aliphatic rings. The van der Waals surface area contributed by atoms with Crippen LogP contribution in [0.1, 0.15) is 17.1 Å². The van der Waals surface area contributed by atoms with Gasteiger partial charge in [-0.2, -0.15) is 0 Å². The van der Waals surface area contributed by atoms with Gasteiger partial charge in [0.2, 0.25) is 0 Å². The molecule has 0 spiro atoms. The lowest BCUT2D eigenvalue weighted by atomic mass is 10.0. The molecule has 0 bridgehead atoms. The first-order valence-electron chi connectivity index (χ1n) is 19.8. The molecule has 0 saturated carbocycles. The Morgan fingerprint density at radius 1 is 0.379 bits per heavy atom. The first-order valence-corrected chi connectivity index (χ1v) is 19.8. The van der Waals surface area contributed by atoms with E-state index in [1.807, 2.05) is 72.9 Å². The van der Waals surface area contributed by atoms with Crippen LogP contribution in [-0.4, -0.2) is 24.5 Å². The Hall–Kier alpha value is -7.50. The van der Waals surface area contributed by atoms with Crippen LogP contribution in [0, 0.1) is 0 Å². The fourth-order valence-corrected chi connectivity index (χ4v) is 7.99. The Morgan fingerprint density at radius 3 is 1.28 bits per heavy atom. The molecule has 5 heteroatoms. The molecule has 3 aromatic heterocycles. The molecule has 0 fully saturated rings. The minimum absolute atomic E-state index is 0.513. The van der Waals surface area contributed by atoms with Crippen molar-refractivity contribution in [3.63, 3.8) is 0 Å². The normalized spacial score (nSPS) is 11.3. The largest absolute Gasteiger partial charge is 0.340 e. The Balaban J connectivity index is 1.07. The smallest absolute Gasteiger partial charge is 0.163 e. The molecule has 0 radical (unpaired) electrons. The fraction of sp³-hybridized carbons (Fsp3) is 0.0566. The molecule has 58 heavy (non-hydrogen) atoms. The van der Waals surface area contributed by atoms with Crippen molar-refractivity contribution in [2.24, 2.45) is 0 Å². The van der Waals surface area contributed by atoms with Gasteiger partial charge in [-0.3, -0.25) is 4.98 Å². The zero-order valence-corrected chi connectivity index (χ0v) is 31.9. The van der Waals surface area contributed by atoms with Crippen molar-refractivity contribution in [1.29, 1.82) is 0 Å². The Bertz CT molecular complexity index is 2840. The van der Waals surface area contributed by atoms with Gasteiger partial charge >= 0.3 is 0 Å². The van der Waals surface area contributed by atoms with Crippen LogP contribution >= 0.6 is 0 Å². The van der Waals surface area contributed by atoms with Crippen LogP contribution in [-0.2, 0) is 19.4 Å². The Kier molecular flexibility index (Phi) is 9.38. The van der Waals surface area contributed by atoms with Crippen LogP contribution < -0.4 is 0 Å². The summed E-state index contributed by atoms with van der Waals surface area (Å²) in [5, 5.41) is 2.49. The van der Waals surface area contributed by atoms with Crippen molar-refractivity contribution in [1.82, 2.24) is 24.5 Å². The number of hydrogen-bond donors (Lipinski definition) is 0.